The Bertz CT molecular complexity index is 687. The molecule has 1 aliphatic rings. The number of oxime groups is 1. The minimum absolute atomic E-state index is 0.560. The van der Waals surface area contributed by atoms with Crippen LogP contribution in [0.4, 0.5) is 0 Å². The van der Waals surface area contributed by atoms with Crippen molar-refractivity contribution in [1.82, 2.24) is 0 Å². The van der Waals surface area contributed by atoms with Gasteiger partial charge in [-0.05, 0) is 5.56 Å². The minimum atomic E-state index is -3.66. The molecule has 2 atom stereocenters. The summed E-state index contributed by atoms with van der Waals surface area (Å²) in [6.45, 7) is 0. The van der Waals surface area contributed by atoms with E-state index >= 15 is 0 Å². The van der Waals surface area contributed by atoms with Gasteiger partial charge in [-0.3, -0.25) is 13.7 Å². The van der Waals surface area contributed by atoms with Crippen LogP contribution in [-0.4, -0.2) is 12.8 Å². The number of hydrogen-bond acceptors (Lipinski definition) is 5. The van der Waals surface area contributed by atoms with E-state index in [1.807, 2.05) is 60.7 Å². The Morgan fingerprint density at radius 3 is 2.29 bits per heavy atom. The van der Waals surface area contributed by atoms with E-state index in [1.165, 1.54) is 7.11 Å². The Hall–Kier alpha value is -1.94. The molecule has 3 rings (SSSR count). The highest BCUT2D eigenvalue weighted by Crippen LogP contribution is 2.55. The van der Waals surface area contributed by atoms with Crippen LogP contribution in [0, 0.1) is 0 Å². The largest absolute Gasteiger partial charge is 0.551 e. The fourth-order valence-corrected chi connectivity index (χ4v) is 2.93. The van der Waals surface area contributed by atoms with Crippen LogP contribution in [0.15, 0.2) is 65.8 Å². The van der Waals surface area contributed by atoms with Crippen LogP contribution in [0.2, 0.25) is 0 Å². The van der Waals surface area contributed by atoms with Crippen molar-refractivity contribution < 1.29 is 18.2 Å². The highest BCUT2D eigenvalue weighted by Gasteiger charge is 2.39. The molecule has 2 aromatic carbocycles. The fraction of sp³-hybridized carbons (Fsp3) is 0.133. The van der Waals surface area contributed by atoms with Gasteiger partial charge in [-0.1, -0.05) is 65.8 Å². The Labute approximate surface area is 122 Å². The molecule has 2 unspecified atom stereocenters. The molecule has 0 aromatic heterocycles. The van der Waals surface area contributed by atoms with Gasteiger partial charge < -0.3 is 0 Å². The lowest BCUT2D eigenvalue weighted by molar-refractivity contribution is 0.0994. The third kappa shape index (κ3) is 2.90. The van der Waals surface area contributed by atoms with Crippen LogP contribution >= 0.6 is 7.82 Å². The van der Waals surface area contributed by atoms with Gasteiger partial charge in [0.1, 0.15) is 11.8 Å². The second kappa shape index (κ2) is 5.82. The smallest absolute Gasteiger partial charge is 0.292 e. The van der Waals surface area contributed by atoms with Crippen molar-refractivity contribution in [3.05, 3.63) is 71.8 Å². The molecule has 108 valence electrons. The summed E-state index contributed by atoms with van der Waals surface area (Å²) < 4.78 is 27.5. The van der Waals surface area contributed by atoms with Crippen LogP contribution in [-0.2, 0) is 18.2 Å². The van der Waals surface area contributed by atoms with Crippen molar-refractivity contribution in [2.24, 2.45) is 5.16 Å². The first-order chi connectivity index (χ1) is 10.2. The molecule has 0 saturated carbocycles. The van der Waals surface area contributed by atoms with E-state index in [4.69, 9.17) is 13.7 Å². The summed E-state index contributed by atoms with van der Waals surface area (Å²) in [6.07, 6.45) is -0.604. The zero-order chi connectivity index (χ0) is 14.7. The summed E-state index contributed by atoms with van der Waals surface area (Å²) in [4.78, 5) is 0. The molecular formula is C15H14NO4P. The Kier molecular flexibility index (Phi) is 3.88. The predicted molar refractivity (Wildman–Crippen MR) is 78.9 cm³/mol. The Morgan fingerprint density at radius 2 is 1.67 bits per heavy atom. The van der Waals surface area contributed by atoms with Gasteiger partial charge >= 0.3 is 7.82 Å². The zero-order valence-corrected chi connectivity index (χ0v) is 12.3. The molecule has 0 fully saturated rings. The zero-order valence-electron chi connectivity index (χ0n) is 11.4. The van der Waals surface area contributed by atoms with Crippen molar-refractivity contribution in [1.29, 1.82) is 0 Å². The average Bonchev–Trinajstić information content (AvgIpc) is 2.56. The fourth-order valence-electron chi connectivity index (χ4n) is 2.08. The first-order valence-electron chi connectivity index (χ1n) is 6.43. The minimum Gasteiger partial charge on any atom is -0.292 e. The standard InChI is InChI=1S/C15H14NO4P/c1-18-21(17)19-15(13-10-6-3-7-11-13)14(16-20-21)12-8-4-2-5-9-12/h2-11,15H,1H3. The third-order valence-corrected chi connectivity index (χ3v) is 4.32. The van der Waals surface area contributed by atoms with E-state index in [1.54, 1.807) is 0 Å². The summed E-state index contributed by atoms with van der Waals surface area (Å²) >= 11 is 0. The summed E-state index contributed by atoms with van der Waals surface area (Å²) in [5.41, 5.74) is 2.24. The number of hydrogen-bond donors (Lipinski definition) is 0. The Morgan fingerprint density at radius 1 is 1.05 bits per heavy atom. The maximum absolute atomic E-state index is 12.2. The van der Waals surface area contributed by atoms with E-state index in [0.717, 1.165) is 11.1 Å². The molecule has 1 aliphatic heterocycles. The lowest BCUT2D eigenvalue weighted by Gasteiger charge is -2.27. The predicted octanol–water partition coefficient (Wildman–Crippen LogP) is 3.93. The molecular weight excluding hydrogens is 289 g/mol. The maximum Gasteiger partial charge on any atom is 0.551 e. The van der Waals surface area contributed by atoms with Gasteiger partial charge in [0.05, 0.1) is 0 Å². The highest BCUT2D eigenvalue weighted by molar-refractivity contribution is 7.48. The molecule has 0 radical (unpaired) electrons. The van der Waals surface area contributed by atoms with Crippen LogP contribution in [0.25, 0.3) is 0 Å². The van der Waals surface area contributed by atoms with E-state index in [-0.39, 0.29) is 0 Å². The third-order valence-electron chi connectivity index (χ3n) is 3.12. The normalized spacial score (nSPS) is 25.0. The topological polar surface area (TPSA) is 57.1 Å². The number of phosphoric ester groups is 1. The maximum atomic E-state index is 12.2. The van der Waals surface area contributed by atoms with Crippen LogP contribution in [0.3, 0.4) is 0 Å². The Balaban J connectivity index is 2.06. The molecule has 1 heterocycles. The SMILES string of the molecule is COP1(=O)ON=C(c2ccccc2)C(c2ccccc2)O1. The van der Waals surface area contributed by atoms with Gasteiger partial charge in [0.2, 0.25) is 0 Å². The van der Waals surface area contributed by atoms with Crippen molar-refractivity contribution in [3.63, 3.8) is 0 Å². The summed E-state index contributed by atoms with van der Waals surface area (Å²) in [5, 5.41) is 3.99. The van der Waals surface area contributed by atoms with Gasteiger partial charge in [0.15, 0.2) is 0 Å². The van der Waals surface area contributed by atoms with E-state index in [2.05, 4.69) is 5.16 Å². The lowest BCUT2D eigenvalue weighted by atomic mass is 9.99. The van der Waals surface area contributed by atoms with Gasteiger partial charge in [0.25, 0.3) is 0 Å². The molecule has 0 amide bonds. The summed E-state index contributed by atoms with van der Waals surface area (Å²) in [6, 6.07) is 18.9. The van der Waals surface area contributed by atoms with E-state index in [9.17, 15) is 4.57 Å². The molecule has 6 heteroatoms. The summed E-state index contributed by atoms with van der Waals surface area (Å²) in [7, 11) is -2.39. The number of rotatable bonds is 3. The van der Waals surface area contributed by atoms with Gasteiger partial charge in [-0.2, -0.15) is 0 Å². The molecule has 5 nitrogen and oxygen atoms in total. The molecule has 0 N–H and O–H groups in total. The molecule has 0 spiro atoms. The molecule has 0 aliphatic carbocycles. The monoisotopic (exact) mass is 303 g/mol. The number of phosphoric acid groups is 1. The van der Waals surface area contributed by atoms with Crippen molar-refractivity contribution in [2.45, 2.75) is 6.10 Å². The molecule has 0 saturated heterocycles. The average molecular weight is 303 g/mol. The van der Waals surface area contributed by atoms with Crippen molar-refractivity contribution >= 4 is 13.5 Å². The van der Waals surface area contributed by atoms with Gasteiger partial charge in [-0.25, -0.2) is 4.57 Å². The molecule has 21 heavy (non-hydrogen) atoms. The van der Waals surface area contributed by atoms with E-state index in [0.29, 0.717) is 5.71 Å². The van der Waals surface area contributed by atoms with Crippen LogP contribution < -0.4 is 0 Å². The van der Waals surface area contributed by atoms with Gasteiger partial charge in [0, 0.05) is 12.7 Å². The first-order valence-corrected chi connectivity index (χ1v) is 7.89. The van der Waals surface area contributed by atoms with Crippen LogP contribution in [0.5, 0.6) is 0 Å². The lowest BCUT2D eigenvalue weighted by Crippen LogP contribution is -2.21. The van der Waals surface area contributed by atoms with Crippen LogP contribution in [0.1, 0.15) is 17.2 Å². The molecule has 0 bridgehead atoms. The van der Waals surface area contributed by atoms with Gasteiger partial charge in [-0.15, -0.1) is 0 Å². The number of nitrogens with zero attached hydrogens (tertiary/aromatic N) is 1. The second-order valence-electron chi connectivity index (χ2n) is 4.45. The highest BCUT2D eigenvalue weighted by atomic mass is 31.2. The first kappa shape index (κ1) is 14.0. The number of benzene rings is 2. The second-order valence-corrected chi connectivity index (χ2v) is 6.08. The van der Waals surface area contributed by atoms with Crippen molar-refractivity contribution in [3.8, 4) is 0 Å². The quantitative estimate of drug-likeness (QED) is 0.806. The summed E-state index contributed by atoms with van der Waals surface area (Å²) in [5.74, 6) is 0. The van der Waals surface area contributed by atoms with E-state index < -0.39 is 13.9 Å². The van der Waals surface area contributed by atoms with Crippen molar-refractivity contribution in [2.75, 3.05) is 7.11 Å². The molecule has 2 aromatic rings.